The van der Waals surface area contributed by atoms with Gasteiger partial charge in [-0.25, -0.2) is 4.98 Å². The molecule has 0 radical (unpaired) electrons. The molecule has 8 heteroatoms. The van der Waals surface area contributed by atoms with Gasteiger partial charge in [0.15, 0.2) is 0 Å². The molecule has 0 fully saturated rings. The van der Waals surface area contributed by atoms with Crippen molar-refractivity contribution in [2.24, 2.45) is 0 Å². The van der Waals surface area contributed by atoms with Crippen LogP contribution in [0.5, 0.6) is 0 Å². The smallest absolute Gasteiger partial charge is 0.301 e. The topological polar surface area (TPSA) is 47.8 Å². The Kier molecular flexibility index (Phi) is 5.78. The van der Waals surface area contributed by atoms with Gasteiger partial charge >= 0.3 is 6.18 Å². The molecule has 0 bridgehead atoms. The predicted octanol–water partition coefficient (Wildman–Crippen LogP) is 6.20. The average Bonchev–Trinajstić information content (AvgIpc) is 3.15. The molecule has 0 aliphatic carbocycles. The molecule has 0 aliphatic heterocycles. The number of carbonyl (C=O) groups is 1. The highest BCUT2D eigenvalue weighted by Crippen LogP contribution is 2.33. The molecule has 0 N–H and O–H groups in total. The first-order chi connectivity index (χ1) is 14.8. The van der Waals surface area contributed by atoms with E-state index in [-0.39, 0.29) is 12.8 Å². The van der Waals surface area contributed by atoms with E-state index in [0.717, 1.165) is 22.3 Å². The molecule has 0 unspecified atom stereocenters. The molecule has 31 heavy (non-hydrogen) atoms. The van der Waals surface area contributed by atoms with Crippen LogP contribution in [0.4, 0.5) is 13.2 Å². The van der Waals surface area contributed by atoms with Crippen LogP contribution in [-0.2, 0) is 11.2 Å². The third-order valence-corrected chi connectivity index (χ3v) is 5.32. The monoisotopic (exact) mass is 443 g/mol. The van der Waals surface area contributed by atoms with E-state index in [1.165, 1.54) is 0 Å². The molecular weight excluding hydrogens is 427 g/mol. The molecule has 0 aliphatic rings. The SMILES string of the molecule is O=C(CCc1nccc(-c2ccc3c(ccn3-c3ccccn3)c2)c1Cl)CC(F)(F)F. The van der Waals surface area contributed by atoms with Crippen LogP contribution in [0.15, 0.2) is 67.1 Å². The molecule has 158 valence electrons. The van der Waals surface area contributed by atoms with E-state index in [2.05, 4.69) is 9.97 Å². The van der Waals surface area contributed by atoms with E-state index in [4.69, 9.17) is 11.6 Å². The Morgan fingerprint density at radius 3 is 2.61 bits per heavy atom. The van der Waals surface area contributed by atoms with Crippen LogP contribution in [-0.4, -0.2) is 26.5 Å². The lowest BCUT2D eigenvalue weighted by atomic mass is 10.0. The molecule has 0 atom stereocenters. The summed E-state index contributed by atoms with van der Waals surface area (Å²) in [5, 5.41) is 1.32. The molecule has 0 amide bonds. The number of halogens is 4. The van der Waals surface area contributed by atoms with Crippen molar-refractivity contribution in [1.82, 2.24) is 14.5 Å². The number of aromatic nitrogens is 3. The van der Waals surface area contributed by atoms with Gasteiger partial charge in [0.25, 0.3) is 0 Å². The van der Waals surface area contributed by atoms with E-state index >= 15 is 0 Å². The molecule has 1 aromatic carbocycles. The van der Waals surface area contributed by atoms with Crippen LogP contribution in [0, 0.1) is 0 Å². The molecule has 4 aromatic rings. The third kappa shape index (κ3) is 4.77. The highest BCUT2D eigenvalue weighted by atomic mass is 35.5. The molecule has 3 heterocycles. The Labute approximate surface area is 181 Å². The number of hydrogen-bond acceptors (Lipinski definition) is 3. The Morgan fingerprint density at radius 2 is 1.87 bits per heavy atom. The van der Waals surface area contributed by atoms with Crippen molar-refractivity contribution in [2.45, 2.75) is 25.4 Å². The lowest BCUT2D eigenvalue weighted by molar-refractivity contribution is -0.152. The Bertz CT molecular complexity index is 1240. The zero-order valence-corrected chi connectivity index (χ0v) is 17.0. The van der Waals surface area contributed by atoms with E-state index in [1.807, 2.05) is 53.2 Å². The maximum absolute atomic E-state index is 12.4. The maximum Gasteiger partial charge on any atom is 0.395 e. The van der Waals surface area contributed by atoms with Crippen LogP contribution >= 0.6 is 11.6 Å². The van der Waals surface area contributed by atoms with E-state index in [9.17, 15) is 18.0 Å². The van der Waals surface area contributed by atoms with Crippen molar-refractivity contribution in [1.29, 1.82) is 0 Å². The number of alkyl halides is 3. The van der Waals surface area contributed by atoms with Crippen molar-refractivity contribution in [3.63, 3.8) is 0 Å². The number of carbonyl (C=O) groups excluding carboxylic acids is 1. The Balaban J connectivity index is 1.60. The van der Waals surface area contributed by atoms with Crippen molar-refractivity contribution in [3.8, 4) is 16.9 Å². The normalized spacial score (nSPS) is 11.7. The van der Waals surface area contributed by atoms with Crippen LogP contribution in [0.2, 0.25) is 5.02 Å². The van der Waals surface area contributed by atoms with E-state index in [1.54, 1.807) is 18.5 Å². The van der Waals surface area contributed by atoms with Crippen molar-refractivity contribution in [2.75, 3.05) is 0 Å². The largest absolute Gasteiger partial charge is 0.395 e. The number of nitrogens with zero attached hydrogens (tertiary/aromatic N) is 3. The minimum absolute atomic E-state index is 0.0554. The van der Waals surface area contributed by atoms with Gasteiger partial charge in [-0.15, -0.1) is 0 Å². The average molecular weight is 444 g/mol. The lowest BCUT2D eigenvalue weighted by Gasteiger charge is -2.10. The summed E-state index contributed by atoms with van der Waals surface area (Å²) in [7, 11) is 0. The molecular formula is C23H17ClF3N3O. The molecule has 0 saturated heterocycles. The third-order valence-electron chi connectivity index (χ3n) is 4.90. The summed E-state index contributed by atoms with van der Waals surface area (Å²) in [5.41, 5.74) is 2.94. The molecule has 4 rings (SSSR count). The van der Waals surface area contributed by atoms with Gasteiger partial charge < -0.3 is 4.57 Å². The van der Waals surface area contributed by atoms with Gasteiger partial charge in [-0.3, -0.25) is 9.78 Å². The minimum Gasteiger partial charge on any atom is -0.301 e. The number of Topliss-reactive ketones (excluding diaryl/α,β-unsaturated/α-hetero) is 1. The summed E-state index contributed by atoms with van der Waals surface area (Å²) in [6, 6.07) is 15.3. The quantitative estimate of drug-likeness (QED) is 0.356. The van der Waals surface area contributed by atoms with E-state index in [0.29, 0.717) is 16.3 Å². The number of rotatable bonds is 6. The maximum atomic E-state index is 12.4. The van der Waals surface area contributed by atoms with Crippen molar-refractivity contribution < 1.29 is 18.0 Å². The first-order valence-corrected chi connectivity index (χ1v) is 9.94. The summed E-state index contributed by atoms with van der Waals surface area (Å²) >= 11 is 6.50. The summed E-state index contributed by atoms with van der Waals surface area (Å²) in [6.07, 6.45) is -0.934. The second kappa shape index (κ2) is 8.51. The number of fused-ring (bicyclic) bond motifs is 1. The second-order valence-electron chi connectivity index (χ2n) is 7.10. The minimum atomic E-state index is -4.50. The van der Waals surface area contributed by atoms with Gasteiger partial charge in [0, 0.05) is 36.0 Å². The number of pyridine rings is 2. The Hall–Kier alpha value is -3.19. The number of ketones is 1. The molecule has 3 aromatic heterocycles. The number of aryl methyl sites for hydroxylation is 1. The lowest BCUT2D eigenvalue weighted by Crippen LogP contribution is -2.15. The molecule has 0 spiro atoms. The van der Waals surface area contributed by atoms with Crippen LogP contribution < -0.4 is 0 Å². The van der Waals surface area contributed by atoms with Gasteiger partial charge in [0.2, 0.25) is 0 Å². The number of hydrogen-bond donors (Lipinski definition) is 0. The zero-order chi connectivity index (χ0) is 22.0. The first kappa shape index (κ1) is 21.1. The summed E-state index contributed by atoms with van der Waals surface area (Å²) in [6.45, 7) is 0. The Morgan fingerprint density at radius 1 is 1.03 bits per heavy atom. The fraction of sp³-hybridized carbons (Fsp3) is 0.174. The van der Waals surface area contributed by atoms with Gasteiger partial charge in [-0.05, 0) is 48.4 Å². The summed E-state index contributed by atoms with van der Waals surface area (Å²) in [4.78, 5) is 20.1. The molecule has 4 nitrogen and oxygen atoms in total. The van der Waals surface area contributed by atoms with Crippen LogP contribution in [0.3, 0.4) is 0 Å². The number of benzene rings is 1. The summed E-state index contributed by atoms with van der Waals surface area (Å²) < 4.78 is 39.1. The fourth-order valence-corrected chi connectivity index (χ4v) is 3.78. The highest BCUT2D eigenvalue weighted by molar-refractivity contribution is 6.34. The fourth-order valence-electron chi connectivity index (χ4n) is 3.46. The van der Waals surface area contributed by atoms with Crippen molar-refractivity contribution in [3.05, 3.63) is 77.8 Å². The van der Waals surface area contributed by atoms with Crippen LogP contribution in [0.1, 0.15) is 18.5 Å². The van der Waals surface area contributed by atoms with E-state index < -0.39 is 18.4 Å². The zero-order valence-electron chi connectivity index (χ0n) is 16.2. The first-order valence-electron chi connectivity index (χ1n) is 9.56. The highest BCUT2D eigenvalue weighted by Gasteiger charge is 2.30. The molecule has 0 saturated carbocycles. The van der Waals surface area contributed by atoms with Gasteiger partial charge in [-0.2, -0.15) is 13.2 Å². The van der Waals surface area contributed by atoms with Crippen molar-refractivity contribution >= 4 is 28.3 Å². The predicted molar refractivity (Wildman–Crippen MR) is 113 cm³/mol. The van der Waals surface area contributed by atoms with Crippen LogP contribution in [0.25, 0.3) is 27.8 Å². The second-order valence-corrected chi connectivity index (χ2v) is 7.48. The van der Waals surface area contributed by atoms with Gasteiger partial charge in [-0.1, -0.05) is 23.7 Å². The van der Waals surface area contributed by atoms with Gasteiger partial charge in [0.05, 0.1) is 16.2 Å². The van der Waals surface area contributed by atoms with Gasteiger partial charge in [0.1, 0.15) is 18.0 Å². The standard InChI is InChI=1S/C23H17ClF3N3O/c24-22-18(8-11-28-19(22)6-5-17(31)14-23(25,26)27)15-4-7-20-16(13-15)9-12-30(20)21-3-1-2-10-29-21/h1-4,7-13H,5-6,14H2. The summed E-state index contributed by atoms with van der Waals surface area (Å²) in [5.74, 6) is -0.0777.